The number of benzene rings is 1. The molecule has 92 valence electrons. The molecule has 1 fully saturated rings. The Balaban J connectivity index is 2.23. The standard InChI is InChI=1S/C12H13ClFNO2/c13-8-1-2-9(10(14)7-8)12(3-4-12)11(17)15-5-6-16/h1-2,7,16H,3-6H2,(H,15,17). The summed E-state index contributed by atoms with van der Waals surface area (Å²) >= 11 is 5.68. The first-order chi connectivity index (χ1) is 8.10. The van der Waals surface area contributed by atoms with E-state index in [1.54, 1.807) is 12.1 Å². The van der Waals surface area contributed by atoms with Crippen LogP contribution in [0.5, 0.6) is 0 Å². The smallest absolute Gasteiger partial charge is 0.230 e. The minimum absolute atomic E-state index is 0.120. The van der Waals surface area contributed by atoms with Crippen LogP contribution in [0, 0.1) is 5.82 Å². The van der Waals surface area contributed by atoms with Crippen molar-refractivity contribution in [1.29, 1.82) is 0 Å². The number of carbonyl (C=O) groups is 1. The van der Waals surface area contributed by atoms with Crippen molar-refractivity contribution >= 4 is 17.5 Å². The number of aliphatic hydroxyl groups is 1. The van der Waals surface area contributed by atoms with E-state index in [-0.39, 0.29) is 19.1 Å². The molecular weight excluding hydrogens is 245 g/mol. The van der Waals surface area contributed by atoms with Crippen LogP contribution < -0.4 is 5.32 Å². The van der Waals surface area contributed by atoms with Gasteiger partial charge in [0.25, 0.3) is 0 Å². The van der Waals surface area contributed by atoms with Crippen LogP contribution in [0.3, 0.4) is 0 Å². The molecule has 1 saturated carbocycles. The molecule has 1 aliphatic rings. The average Bonchev–Trinajstić information content (AvgIpc) is 3.07. The van der Waals surface area contributed by atoms with Gasteiger partial charge >= 0.3 is 0 Å². The highest BCUT2D eigenvalue weighted by atomic mass is 35.5. The van der Waals surface area contributed by atoms with Gasteiger partial charge in [-0.15, -0.1) is 0 Å². The fraction of sp³-hybridized carbons (Fsp3) is 0.417. The van der Waals surface area contributed by atoms with Gasteiger partial charge in [0.05, 0.1) is 12.0 Å². The molecule has 0 bridgehead atoms. The molecule has 0 spiro atoms. The Labute approximate surface area is 104 Å². The first-order valence-electron chi connectivity index (χ1n) is 5.45. The quantitative estimate of drug-likeness (QED) is 0.861. The largest absolute Gasteiger partial charge is 0.395 e. The lowest BCUT2D eigenvalue weighted by molar-refractivity contribution is -0.123. The summed E-state index contributed by atoms with van der Waals surface area (Å²) in [6.07, 6.45) is 1.26. The maximum atomic E-state index is 13.8. The van der Waals surface area contributed by atoms with Crippen LogP contribution in [0.4, 0.5) is 4.39 Å². The van der Waals surface area contributed by atoms with Crippen LogP contribution >= 0.6 is 11.6 Å². The number of rotatable bonds is 4. The van der Waals surface area contributed by atoms with Crippen LogP contribution in [0.25, 0.3) is 0 Å². The summed E-state index contributed by atoms with van der Waals surface area (Å²) in [6, 6.07) is 4.36. The molecule has 3 nitrogen and oxygen atoms in total. The van der Waals surface area contributed by atoms with Crippen molar-refractivity contribution in [3.05, 3.63) is 34.6 Å². The van der Waals surface area contributed by atoms with Crippen molar-refractivity contribution in [2.45, 2.75) is 18.3 Å². The third kappa shape index (κ3) is 2.28. The van der Waals surface area contributed by atoms with E-state index in [9.17, 15) is 9.18 Å². The highest BCUT2D eigenvalue weighted by molar-refractivity contribution is 6.30. The summed E-state index contributed by atoms with van der Waals surface area (Å²) in [5.41, 5.74) is -0.374. The summed E-state index contributed by atoms with van der Waals surface area (Å²) in [4.78, 5) is 11.9. The fourth-order valence-electron chi connectivity index (χ4n) is 1.96. The Kier molecular flexibility index (Phi) is 3.35. The number of hydrogen-bond donors (Lipinski definition) is 2. The molecule has 1 aromatic carbocycles. The normalized spacial score (nSPS) is 16.6. The van der Waals surface area contributed by atoms with Crippen LogP contribution in [-0.2, 0) is 10.2 Å². The first kappa shape index (κ1) is 12.3. The number of aliphatic hydroxyl groups excluding tert-OH is 1. The van der Waals surface area contributed by atoms with Crippen molar-refractivity contribution in [2.24, 2.45) is 0 Å². The van der Waals surface area contributed by atoms with Gasteiger partial charge in [-0.1, -0.05) is 17.7 Å². The molecule has 1 amide bonds. The number of hydrogen-bond acceptors (Lipinski definition) is 2. The molecule has 2 N–H and O–H groups in total. The maximum Gasteiger partial charge on any atom is 0.230 e. The minimum Gasteiger partial charge on any atom is -0.395 e. The zero-order valence-electron chi connectivity index (χ0n) is 9.17. The highest BCUT2D eigenvalue weighted by Gasteiger charge is 2.52. The third-order valence-electron chi connectivity index (χ3n) is 3.03. The Morgan fingerprint density at radius 2 is 2.24 bits per heavy atom. The van der Waals surface area contributed by atoms with Crippen molar-refractivity contribution in [3.8, 4) is 0 Å². The molecule has 0 aliphatic heterocycles. The Bertz CT molecular complexity index is 446. The molecule has 5 heteroatoms. The van der Waals surface area contributed by atoms with E-state index in [0.717, 1.165) is 0 Å². The fourth-order valence-corrected chi connectivity index (χ4v) is 2.12. The van der Waals surface area contributed by atoms with E-state index < -0.39 is 11.2 Å². The summed E-state index contributed by atoms with van der Waals surface area (Å²) in [5, 5.41) is 11.6. The molecule has 0 atom stereocenters. The lowest BCUT2D eigenvalue weighted by Gasteiger charge is -2.16. The second kappa shape index (κ2) is 4.63. The van der Waals surface area contributed by atoms with Crippen molar-refractivity contribution in [3.63, 3.8) is 0 Å². The molecule has 0 saturated heterocycles. The van der Waals surface area contributed by atoms with E-state index in [4.69, 9.17) is 16.7 Å². The Morgan fingerprint density at radius 3 is 2.76 bits per heavy atom. The number of carbonyl (C=O) groups excluding carboxylic acids is 1. The second-order valence-electron chi connectivity index (χ2n) is 4.19. The lowest BCUT2D eigenvalue weighted by atomic mass is 9.94. The van der Waals surface area contributed by atoms with Gasteiger partial charge in [-0.2, -0.15) is 0 Å². The molecular formula is C12H13ClFNO2. The summed E-state index contributed by atoms with van der Waals surface area (Å²) in [7, 11) is 0. The SMILES string of the molecule is O=C(NCCO)C1(c2ccc(Cl)cc2F)CC1. The minimum atomic E-state index is -0.760. The maximum absolute atomic E-state index is 13.8. The Hall–Kier alpha value is -1.13. The topological polar surface area (TPSA) is 49.3 Å². The van der Waals surface area contributed by atoms with E-state index in [1.165, 1.54) is 6.07 Å². The second-order valence-corrected chi connectivity index (χ2v) is 4.62. The van der Waals surface area contributed by atoms with Crippen LogP contribution in [0.2, 0.25) is 5.02 Å². The van der Waals surface area contributed by atoms with Crippen molar-refractivity contribution < 1.29 is 14.3 Å². The number of nitrogens with one attached hydrogen (secondary N) is 1. The van der Waals surface area contributed by atoms with E-state index >= 15 is 0 Å². The zero-order chi connectivity index (χ0) is 12.5. The molecule has 0 unspecified atom stereocenters. The summed E-state index contributed by atoms with van der Waals surface area (Å²) in [5.74, 6) is -0.679. The van der Waals surface area contributed by atoms with Gasteiger partial charge in [0.15, 0.2) is 0 Å². The van der Waals surface area contributed by atoms with Crippen LogP contribution in [-0.4, -0.2) is 24.2 Å². The van der Waals surface area contributed by atoms with Crippen LogP contribution in [0.15, 0.2) is 18.2 Å². The van der Waals surface area contributed by atoms with E-state index in [2.05, 4.69) is 5.32 Å². The Morgan fingerprint density at radius 1 is 1.53 bits per heavy atom. The molecule has 0 heterocycles. The monoisotopic (exact) mass is 257 g/mol. The third-order valence-corrected chi connectivity index (χ3v) is 3.26. The van der Waals surface area contributed by atoms with E-state index in [0.29, 0.717) is 23.4 Å². The molecule has 2 rings (SSSR count). The van der Waals surface area contributed by atoms with Crippen LogP contribution in [0.1, 0.15) is 18.4 Å². The van der Waals surface area contributed by atoms with E-state index in [1.807, 2.05) is 0 Å². The van der Waals surface area contributed by atoms with Crippen molar-refractivity contribution in [2.75, 3.05) is 13.2 Å². The van der Waals surface area contributed by atoms with Gasteiger partial charge in [-0.25, -0.2) is 4.39 Å². The highest BCUT2D eigenvalue weighted by Crippen LogP contribution is 2.49. The molecule has 0 radical (unpaired) electrons. The van der Waals surface area contributed by atoms with Gasteiger partial charge in [-0.05, 0) is 25.0 Å². The lowest BCUT2D eigenvalue weighted by Crippen LogP contribution is -2.36. The molecule has 1 aliphatic carbocycles. The zero-order valence-corrected chi connectivity index (χ0v) is 9.93. The van der Waals surface area contributed by atoms with Gasteiger partial charge < -0.3 is 10.4 Å². The van der Waals surface area contributed by atoms with Crippen molar-refractivity contribution in [1.82, 2.24) is 5.32 Å². The number of halogens is 2. The summed E-state index contributed by atoms with van der Waals surface area (Å²) in [6.45, 7) is 0.0702. The van der Waals surface area contributed by atoms with Gasteiger partial charge in [0.2, 0.25) is 5.91 Å². The van der Waals surface area contributed by atoms with Gasteiger partial charge in [-0.3, -0.25) is 4.79 Å². The summed E-state index contributed by atoms with van der Waals surface area (Å²) < 4.78 is 13.8. The average molecular weight is 258 g/mol. The predicted molar refractivity (Wildman–Crippen MR) is 62.4 cm³/mol. The number of amides is 1. The predicted octanol–water partition coefficient (Wildman–Crippen LogP) is 1.62. The first-order valence-corrected chi connectivity index (χ1v) is 5.82. The molecule has 17 heavy (non-hydrogen) atoms. The molecule has 0 aromatic heterocycles. The van der Waals surface area contributed by atoms with Gasteiger partial charge in [0, 0.05) is 17.1 Å². The molecule has 1 aromatic rings. The van der Waals surface area contributed by atoms with Gasteiger partial charge in [0.1, 0.15) is 5.82 Å².